The number of likely N-dealkylation sites (N-methyl/N-ethyl adjacent to an activating group) is 1. The first-order valence-corrected chi connectivity index (χ1v) is 35.0. The number of unbranched alkanes of at least 4 members (excludes halogenated alkanes) is 7. The summed E-state index contributed by atoms with van der Waals surface area (Å²) in [6.07, 6.45) is 12.3. The van der Waals surface area contributed by atoms with Crippen LogP contribution in [-0.2, 0) is 43.0 Å². The molecule has 0 fully saturated rings. The van der Waals surface area contributed by atoms with Gasteiger partial charge < -0.3 is 90.1 Å². The van der Waals surface area contributed by atoms with Gasteiger partial charge in [0.1, 0.15) is 18.1 Å². The molecule has 0 aromatic rings. The first kappa shape index (κ1) is 87.9. The lowest BCUT2D eigenvalue weighted by Crippen LogP contribution is -2.56. The molecule has 0 aliphatic heterocycles. The van der Waals surface area contributed by atoms with E-state index in [1.807, 2.05) is 41.5 Å². The third kappa shape index (κ3) is 47.7. The lowest BCUT2D eigenvalue weighted by Gasteiger charge is -2.31. The minimum absolute atomic E-state index is 0.0221. The Labute approximate surface area is 557 Å². The van der Waals surface area contributed by atoms with Gasteiger partial charge in [0.15, 0.2) is 0 Å². The van der Waals surface area contributed by atoms with Crippen LogP contribution in [0.15, 0.2) is 0 Å². The summed E-state index contributed by atoms with van der Waals surface area (Å²) in [5.74, 6) is -2.34. The highest BCUT2D eigenvalue weighted by Gasteiger charge is 2.33. The van der Waals surface area contributed by atoms with E-state index in [0.717, 1.165) is 64.6 Å². The highest BCUT2D eigenvalue weighted by atomic mass is 16.5. The smallest absolute Gasteiger partial charge is 0.243 e. The molecule has 0 rings (SSSR count). The van der Waals surface area contributed by atoms with E-state index in [1.54, 1.807) is 14.2 Å². The van der Waals surface area contributed by atoms with Gasteiger partial charge in [-0.25, -0.2) is 0 Å². The van der Waals surface area contributed by atoms with Crippen molar-refractivity contribution in [2.24, 2.45) is 17.2 Å². The molecule has 17 N–H and O–H groups in total. The Morgan fingerprint density at radius 3 is 1.10 bits per heavy atom. The molecule has 0 aliphatic rings. The number of hydrogen-bond donors (Lipinski definition) is 14. The highest BCUT2D eigenvalue weighted by Crippen LogP contribution is 2.16. The van der Waals surface area contributed by atoms with Gasteiger partial charge in [-0.1, -0.05) is 25.7 Å². The molecule has 0 aromatic heterocycles. The van der Waals surface area contributed by atoms with Gasteiger partial charge in [-0.2, -0.15) is 0 Å². The fraction of sp³-hybridized carbons (Fsp3) is 0.897. The van der Waals surface area contributed by atoms with Crippen LogP contribution in [0.4, 0.5) is 0 Å². The molecule has 0 radical (unpaired) electrons. The van der Waals surface area contributed by atoms with Crippen molar-refractivity contribution in [3.63, 3.8) is 0 Å². The predicted octanol–water partition coefficient (Wildman–Crippen LogP) is 4.39. The Morgan fingerprint density at radius 2 is 0.707 bits per heavy atom. The molecule has 0 bridgehead atoms. The summed E-state index contributed by atoms with van der Waals surface area (Å²) in [5.41, 5.74) is 18.1. The van der Waals surface area contributed by atoms with Crippen molar-refractivity contribution in [1.29, 1.82) is 0 Å². The van der Waals surface area contributed by atoms with E-state index in [4.69, 9.17) is 26.7 Å². The molecular formula is C68H139N15O9. The summed E-state index contributed by atoms with van der Waals surface area (Å²) in [6.45, 7) is 36.2. The summed E-state index contributed by atoms with van der Waals surface area (Å²) < 4.78 is 10.7. The molecule has 540 valence electrons. The normalized spacial score (nSPS) is 14.7. The third-order valence-corrected chi connectivity index (χ3v) is 15.2. The number of amides is 7. The van der Waals surface area contributed by atoms with E-state index >= 15 is 0 Å². The standard InChI is InChI=1S/C68H139N15O9/c1-64(2,3)76-43-29-19-32-50(70)57(84)79-52(34-21-27-41-73-61(88)55(82-68(13,14)15)37-23-31-45-78-66(7,8)9)58(85)72-40-26-22-35-53(59(86)75-46-47-92-49-48-91-17)80-62(89)56(83(16)63(90)51(71)33-20-30-44-77-65(4,5)6)38-24-28-42-74-60(87)54(36-18-25-39-69)81-67(10,11)12/h50-56,76-78,81-82H,18-49,69-71H2,1-17H3,(H,72,85)(H,73,88)(H,74,87)(H,75,86)(H,79,84)(H,80,89). The van der Waals surface area contributed by atoms with Crippen LogP contribution in [0.25, 0.3) is 0 Å². The molecule has 92 heavy (non-hydrogen) atoms. The maximum Gasteiger partial charge on any atom is 0.243 e. The number of rotatable bonds is 52. The van der Waals surface area contributed by atoms with Crippen molar-refractivity contribution in [1.82, 2.24) is 63.4 Å². The highest BCUT2D eigenvalue weighted by molar-refractivity contribution is 5.93. The second-order valence-corrected chi connectivity index (χ2v) is 30.3. The van der Waals surface area contributed by atoms with Gasteiger partial charge in [0.25, 0.3) is 0 Å². The molecule has 7 atom stereocenters. The zero-order valence-corrected chi connectivity index (χ0v) is 61.0. The minimum atomic E-state index is -1.02. The number of nitrogens with zero attached hydrogens (tertiary/aromatic N) is 1. The molecule has 7 unspecified atom stereocenters. The molecule has 24 nitrogen and oxygen atoms in total. The van der Waals surface area contributed by atoms with Gasteiger partial charge in [-0.3, -0.25) is 33.6 Å². The molecule has 7 amide bonds. The van der Waals surface area contributed by atoms with Gasteiger partial charge in [0.2, 0.25) is 41.4 Å². The van der Waals surface area contributed by atoms with Crippen LogP contribution in [0.1, 0.15) is 239 Å². The Kier molecular flexibility index (Phi) is 45.6. The fourth-order valence-corrected chi connectivity index (χ4v) is 10.2. The van der Waals surface area contributed by atoms with Crippen molar-refractivity contribution >= 4 is 41.4 Å². The molecule has 0 saturated carbocycles. The van der Waals surface area contributed by atoms with Crippen LogP contribution in [0.3, 0.4) is 0 Å². The average molecular weight is 1310 g/mol. The zero-order valence-electron chi connectivity index (χ0n) is 61.0. The van der Waals surface area contributed by atoms with E-state index in [2.05, 4.69) is 121 Å². The Morgan fingerprint density at radius 1 is 0.370 bits per heavy atom. The Balaban J connectivity index is 6.45. The van der Waals surface area contributed by atoms with Crippen molar-refractivity contribution in [3.05, 3.63) is 0 Å². The summed E-state index contributed by atoms with van der Waals surface area (Å²) in [4.78, 5) is 98.7. The van der Waals surface area contributed by atoms with E-state index < -0.39 is 59.9 Å². The van der Waals surface area contributed by atoms with E-state index in [1.165, 1.54) is 4.90 Å². The lowest BCUT2D eigenvalue weighted by molar-refractivity contribution is -0.141. The Bertz CT molecular complexity index is 2040. The third-order valence-electron chi connectivity index (χ3n) is 15.2. The fourth-order valence-electron chi connectivity index (χ4n) is 10.2. The minimum Gasteiger partial charge on any atom is -0.382 e. The van der Waals surface area contributed by atoms with Gasteiger partial charge in [-0.15, -0.1) is 0 Å². The van der Waals surface area contributed by atoms with Crippen LogP contribution in [0.2, 0.25) is 0 Å². The van der Waals surface area contributed by atoms with Crippen molar-refractivity contribution in [3.8, 4) is 0 Å². The van der Waals surface area contributed by atoms with Gasteiger partial charge in [0, 0.05) is 68.0 Å². The summed E-state index contributed by atoms with van der Waals surface area (Å²) in [7, 11) is 3.14. The van der Waals surface area contributed by atoms with Crippen molar-refractivity contribution in [2.45, 2.75) is 309 Å². The van der Waals surface area contributed by atoms with Crippen molar-refractivity contribution in [2.75, 3.05) is 86.3 Å². The van der Waals surface area contributed by atoms with Crippen LogP contribution >= 0.6 is 0 Å². The van der Waals surface area contributed by atoms with E-state index in [9.17, 15) is 33.6 Å². The summed E-state index contributed by atoms with van der Waals surface area (Å²) in [6, 6.07) is -5.35. The quantitative estimate of drug-likeness (QED) is 0.0375. The SMILES string of the molecule is COCCOCCNC(=O)C(CCCCNC(=O)C(CCCCNC(=O)C(CCCCNC(C)(C)C)NC(C)(C)C)NC(=O)C(N)CCCCNC(C)(C)C)NC(=O)C(CCCCNC(=O)C(CCCCN)NC(C)(C)C)N(C)C(=O)C(N)CCCCNC(C)(C)C. The number of nitrogens with one attached hydrogen (secondary N) is 11. The number of carbonyl (C=O) groups is 7. The molecule has 0 aliphatic carbocycles. The topological polar surface area (TPSA) is 352 Å². The predicted molar refractivity (Wildman–Crippen MR) is 374 cm³/mol. The van der Waals surface area contributed by atoms with E-state index in [0.29, 0.717) is 110 Å². The van der Waals surface area contributed by atoms with Crippen LogP contribution < -0.4 is 75.7 Å². The zero-order chi connectivity index (χ0) is 70.0. The Hall–Kier alpha value is -4.11. The van der Waals surface area contributed by atoms with Gasteiger partial charge >= 0.3 is 0 Å². The number of ether oxygens (including phenoxy) is 2. The number of nitrogens with two attached hydrogens (primary N) is 3. The van der Waals surface area contributed by atoms with Crippen molar-refractivity contribution < 1.29 is 43.0 Å². The largest absolute Gasteiger partial charge is 0.382 e. The van der Waals surface area contributed by atoms with Gasteiger partial charge in [-0.05, 0) is 239 Å². The molecule has 0 spiro atoms. The monoisotopic (exact) mass is 1310 g/mol. The van der Waals surface area contributed by atoms with E-state index in [-0.39, 0.29) is 84.0 Å². The summed E-state index contributed by atoms with van der Waals surface area (Å²) in [5, 5.41) is 35.3. The number of hydrogen-bond acceptors (Lipinski definition) is 17. The maximum atomic E-state index is 14.6. The molecular weight excluding hydrogens is 1170 g/mol. The van der Waals surface area contributed by atoms with Crippen LogP contribution in [-0.4, -0.2) is 203 Å². The van der Waals surface area contributed by atoms with Gasteiger partial charge in [0.05, 0.1) is 44.0 Å². The number of methoxy groups -OCH3 is 1. The second kappa shape index (κ2) is 47.7. The average Bonchev–Trinajstić information content (AvgIpc) is 1.01. The molecule has 0 saturated heterocycles. The first-order valence-electron chi connectivity index (χ1n) is 35.0. The molecule has 0 heterocycles. The van der Waals surface area contributed by atoms with Crippen LogP contribution in [0.5, 0.6) is 0 Å². The second-order valence-electron chi connectivity index (χ2n) is 30.3. The maximum absolute atomic E-state index is 14.6. The first-order chi connectivity index (χ1) is 42.9. The number of carbonyl (C=O) groups excluding carboxylic acids is 7. The molecule has 0 aromatic carbocycles. The van der Waals surface area contributed by atoms with Crippen LogP contribution in [0, 0.1) is 0 Å². The summed E-state index contributed by atoms with van der Waals surface area (Å²) >= 11 is 0. The molecule has 24 heteroatoms. The lowest BCUT2D eigenvalue weighted by atomic mass is 10.0.